The summed E-state index contributed by atoms with van der Waals surface area (Å²) in [5.74, 6) is -7.02. The summed E-state index contributed by atoms with van der Waals surface area (Å²) in [6.07, 6.45) is -1.59. The zero-order valence-electron chi connectivity index (χ0n) is 15.8. The standard InChI is InChI=1S/C18H16F5N5O3/c1-8-11-4-9(19)5-12(20)13(11)31-14(8)18(23,15(21)22)28-17(30)27-10-6-25-16(26-7-10)24-2-3-29/h4-7,15,29H,2-3H2,1H3,(H,24,25,26)(H2,27,28,30). The first-order chi connectivity index (χ1) is 14.7. The van der Waals surface area contributed by atoms with E-state index in [0.717, 1.165) is 25.4 Å². The summed E-state index contributed by atoms with van der Waals surface area (Å²) in [5.41, 5.74) is -0.990. The highest BCUT2D eigenvalue weighted by atomic mass is 19.3. The highest BCUT2D eigenvalue weighted by Gasteiger charge is 2.49. The van der Waals surface area contributed by atoms with Crippen molar-refractivity contribution in [2.24, 2.45) is 0 Å². The molecule has 3 rings (SSSR count). The Bertz CT molecular complexity index is 1090. The van der Waals surface area contributed by atoms with Crippen LogP contribution in [0.3, 0.4) is 0 Å². The summed E-state index contributed by atoms with van der Waals surface area (Å²) in [5, 5.41) is 14.6. The maximum absolute atomic E-state index is 15.2. The molecule has 1 unspecified atom stereocenters. The van der Waals surface area contributed by atoms with Crippen LogP contribution < -0.4 is 16.0 Å². The molecule has 3 aromatic rings. The van der Waals surface area contributed by atoms with Gasteiger partial charge >= 0.3 is 11.8 Å². The molecule has 0 fully saturated rings. The van der Waals surface area contributed by atoms with Crippen LogP contribution in [0.1, 0.15) is 11.3 Å². The van der Waals surface area contributed by atoms with Crippen molar-refractivity contribution < 1.29 is 36.3 Å². The number of furan rings is 1. The molecule has 0 aliphatic heterocycles. The van der Waals surface area contributed by atoms with Crippen LogP contribution >= 0.6 is 0 Å². The van der Waals surface area contributed by atoms with E-state index >= 15 is 4.39 Å². The summed E-state index contributed by atoms with van der Waals surface area (Å²) in [6.45, 7) is 1.13. The summed E-state index contributed by atoms with van der Waals surface area (Å²) < 4.78 is 74.8. The van der Waals surface area contributed by atoms with Crippen LogP contribution in [-0.2, 0) is 5.79 Å². The predicted molar refractivity (Wildman–Crippen MR) is 99.4 cm³/mol. The van der Waals surface area contributed by atoms with Gasteiger partial charge in [-0.1, -0.05) is 0 Å². The predicted octanol–water partition coefficient (Wildman–Crippen LogP) is 3.42. The lowest BCUT2D eigenvalue weighted by Crippen LogP contribution is -2.49. The number of nitrogens with zero attached hydrogens (tertiary/aromatic N) is 2. The molecule has 31 heavy (non-hydrogen) atoms. The Morgan fingerprint density at radius 1 is 1.26 bits per heavy atom. The molecule has 2 amide bonds. The van der Waals surface area contributed by atoms with E-state index in [4.69, 9.17) is 9.52 Å². The molecular formula is C18H16F5N5O3. The number of halogens is 5. The zero-order valence-corrected chi connectivity index (χ0v) is 15.8. The van der Waals surface area contributed by atoms with Gasteiger partial charge in [-0.05, 0) is 13.0 Å². The smallest absolute Gasteiger partial charge is 0.322 e. The molecule has 8 nitrogen and oxygen atoms in total. The van der Waals surface area contributed by atoms with Crippen LogP contribution in [0.5, 0.6) is 0 Å². The highest BCUT2D eigenvalue weighted by molar-refractivity contribution is 5.90. The number of benzene rings is 1. The number of carbonyl (C=O) groups is 1. The Hall–Kier alpha value is -3.48. The van der Waals surface area contributed by atoms with Crippen LogP contribution in [0.25, 0.3) is 11.0 Å². The molecule has 4 N–H and O–H groups in total. The second-order valence-electron chi connectivity index (χ2n) is 6.36. The van der Waals surface area contributed by atoms with Crippen LogP contribution in [-0.4, -0.2) is 40.7 Å². The highest BCUT2D eigenvalue weighted by Crippen LogP contribution is 2.39. The van der Waals surface area contributed by atoms with Crippen molar-refractivity contribution in [2.75, 3.05) is 23.8 Å². The Morgan fingerprint density at radius 2 is 1.94 bits per heavy atom. The van der Waals surface area contributed by atoms with Crippen molar-refractivity contribution in [3.8, 4) is 0 Å². The maximum atomic E-state index is 15.2. The molecule has 0 aliphatic rings. The number of rotatable bonds is 7. The summed E-state index contributed by atoms with van der Waals surface area (Å²) in [7, 11) is 0. The molecule has 0 saturated heterocycles. The van der Waals surface area contributed by atoms with Crippen molar-refractivity contribution in [1.29, 1.82) is 0 Å². The van der Waals surface area contributed by atoms with E-state index in [1.807, 2.05) is 0 Å². The van der Waals surface area contributed by atoms with E-state index in [1.54, 1.807) is 0 Å². The number of aromatic nitrogens is 2. The van der Waals surface area contributed by atoms with E-state index in [-0.39, 0.29) is 35.7 Å². The number of hydrogen-bond donors (Lipinski definition) is 4. The fraction of sp³-hybridized carbons (Fsp3) is 0.278. The van der Waals surface area contributed by atoms with Gasteiger partial charge in [-0.3, -0.25) is 5.32 Å². The molecule has 0 spiro atoms. The Morgan fingerprint density at radius 3 is 2.55 bits per heavy atom. The van der Waals surface area contributed by atoms with E-state index in [9.17, 15) is 22.4 Å². The third-order valence-electron chi connectivity index (χ3n) is 4.19. The lowest BCUT2D eigenvalue weighted by Gasteiger charge is -2.24. The average molecular weight is 445 g/mol. The number of aliphatic hydroxyl groups excluding tert-OH is 1. The van der Waals surface area contributed by atoms with Gasteiger partial charge in [-0.25, -0.2) is 36.7 Å². The SMILES string of the molecule is Cc1c(C(F)(NC(=O)Nc2cnc(NCCO)nc2)C(F)F)oc2c(F)cc(F)cc12. The number of urea groups is 1. The average Bonchev–Trinajstić information content (AvgIpc) is 3.04. The van der Waals surface area contributed by atoms with Crippen molar-refractivity contribution in [3.63, 3.8) is 0 Å². The molecular weight excluding hydrogens is 429 g/mol. The fourth-order valence-corrected chi connectivity index (χ4v) is 2.78. The van der Waals surface area contributed by atoms with Gasteiger partial charge < -0.3 is 20.2 Å². The molecule has 13 heteroatoms. The maximum Gasteiger partial charge on any atom is 0.322 e. The molecule has 1 atom stereocenters. The van der Waals surface area contributed by atoms with E-state index in [1.165, 1.54) is 5.32 Å². The normalized spacial score (nSPS) is 13.3. The summed E-state index contributed by atoms with van der Waals surface area (Å²) >= 11 is 0. The number of aliphatic hydroxyl groups is 1. The number of amides is 2. The Balaban J connectivity index is 1.85. The van der Waals surface area contributed by atoms with Gasteiger partial charge in [0.05, 0.1) is 24.7 Å². The lowest BCUT2D eigenvalue weighted by molar-refractivity contribution is -0.0664. The van der Waals surface area contributed by atoms with Gasteiger partial charge in [0, 0.05) is 23.6 Å². The van der Waals surface area contributed by atoms with Crippen molar-refractivity contribution >= 4 is 28.6 Å². The second-order valence-corrected chi connectivity index (χ2v) is 6.36. The number of anilines is 2. The first kappa shape index (κ1) is 22.2. The van der Waals surface area contributed by atoms with Crippen LogP contribution in [0, 0.1) is 18.6 Å². The van der Waals surface area contributed by atoms with Crippen LogP contribution in [0.15, 0.2) is 28.9 Å². The summed E-state index contributed by atoms with van der Waals surface area (Å²) in [6, 6.07) is -0.138. The first-order valence-electron chi connectivity index (χ1n) is 8.77. The van der Waals surface area contributed by atoms with Crippen LogP contribution in [0.4, 0.5) is 38.4 Å². The molecule has 0 aliphatic carbocycles. The third-order valence-corrected chi connectivity index (χ3v) is 4.19. The van der Waals surface area contributed by atoms with Gasteiger partial charge in [0.15, 0.2) is 17.2 Å². The Labute approximate surface area is 171 Å². The van der Waals surface area contributed by atoms with Crippen LogP contribution in [0.2, 0.25) is 0 Å². The van der Waals surface area contributed by atoms with Gasteiger partial charge in [0.25, 0.3) is 6.43 Å². The lowest BCUT2D eigenvalue weighted by atomic mass is 10.1. The molecule has 166 valence electrons. The molecule has 0 radical (unpaired) electrons. The van der Waals surface area contributed by atoms with E-state index in [0.29, 0.717) is 6.07 Å². The van der Waals surface area contributed by atoms with Gasteiger partial charge in [-0.2, -0.15) is 0 Å². The van der Waals surface area contributed by atoms with E-state index in [2.05, 4.69) is 20.6 Å². The second kappa shape index (κ2) is 8.71. The summed E-state index contributed by atoms with van der Waals surface area (Å²) in [4.78, 5) is 19.7. The van der Waals surface area contributed by atoms with Gasteiger partial charge in [-0.15, -0.1) is 0 Å². The quantitative estimate of drug-likeness (QED) is 0.328. The fourth-order valence-electron chi connectivity index (χ4n) is 2.78. The molecule has 2 heterocycles. The molecule has 0 bridgehead atoms. The van der Waals surface area contributed by atoms with Crippen molar-refractivity contribution in [3.05, 3.63) is 47.5 Å². The number of nitrogens with one attached hydrogen (secondary N) is 3. The minimum atomic E-state index is -3.85. The van der Waals surface area contributed by atoms with Gasteiger partial charge in [0.2, 0.25) is 5.95 Å². The number of fused-ring (bicyclic) bond motifs is 1. The number of alkyl halides is 3. The third kappa shape index (κ3) is 4.50. The van der Waals surface area contributed by atoms with Gasteiger partial charge in [0.1, 0.15) is 5.82 Å². The van der Waals surface area contributed by atoms with Crippen molar-refractivity contribution in [2.45, 2.75) is 19.1 Å². The van der Waals surface area contributed by atoms with E-state index < -0.39 is 41.2 Å². The first-order valence-corrected chi connectivity index (χ1v) is 8.77. The number of hydrogen-bond acceptors (Lipinski definition) is 6. The molecule has 1 aromatic carbocycles. The zero-order chi connectivity index (χ0) is 22.8. The monoisotopic (exact) mass is 445 g/mol. The Kier molecular flexibility index (Phi) is 6.24. The van der Waals surface area contributed by atoms with Crippen molar-refractivity contribution in [1.82, 2.24) is 15.3 Å². The number of carbonyl (C=O) groups excluding carboxylic acids is 1. The largest absolute Gasteiger partial charge is 0.452 e. The topological polar surface area (TPSA) is 112 Å². The minimum absolute atomic E-state index is 0.0573. The molecule has 0 saturated carbocycles. The molecule has 2 aromatic heterocycles. The number of aryl methyl sites for hydroxylation is 1. The minimum Gasteiger partial charge on any atom is -0.452 e.